The average molecular weight is 303 g/mol. The summed E-state index contributed by atoms with van der Waals surface area (Å²) in [6.45, 7) is 0. The summed E-state index contributed by atoms with van der Waals surface area (Å²) in [5, 5.41) is 9.95. The molecule has 1 N–H and O–H groups in total. The molecule has 0 bridgehead atoms. The third kappa shape index (κ3) is 2.58. The minimum absolute atomic E-state index is 0.0735. The van der Waals surface area contributed by atoms with Crippen LogP contribution in [0.2, 0.25) is 15.1 Å². The summed E-state index contributed by atoms with van der Waals surface area (Å²) in [7, 11) is 0. The third-order valence-corrected chi connectivity index (χ3v) is 3.12. The van der Waals surface area contributed by atoms with Gasteiger partial charge in [-0.15, -0.1) is 0 Å². The lowest BCUT2D eigenvalue weighted by molar-refractivity contribution is 0.0691. The molecule has 0 aliphatic rings. The van der Waals surface area contributed by atoms with Crippen molar-refractivity contribution in [1.29, 1.82) is 0 Å². The van der Waals surface area contributed by atoms with Crippen molar-refractivity contribution in [2.75, 3.05) is 0 Å². The Morgan fingerprint density at radius 1 is 1.06 bits per heavy atom. The quantitative estimate of drug-likeness (QED) is 0.894. The highest BCUT2D eigenvalue weighted by atomic mass is 35.5. The van der Waals surface area contributed by atoms with Crippen LogP contribution in [0.4, 0.5) is 0 Å². The van der Waals surface area contributed by atoms with Gasteiger partial charge < -0.3 is 5.11 Å². The number of hydrogen-bond acceptors (Lipinski definition) is 2. The lowest BCUT2D eigenvalue weighted by Gasteiger charge is -2.06. The Kier molecular flexibility index (Phi) is 3.76. The van der Waals surface area contributed by atoms with Crippen molar-refractivity contribution >= 4 is 40.8 Å². The van der Waals surface area contributed by atoms with Crippen molar-refractivity contribution in [2.24, 2.45) is 0 Å². The zero-order chi connectivity index (χ0) is 13.3. The van der Waals surface area contributed by atoms with Gasteiger partial charge in [0.1, 0.15) is 0 Å². The van der Waals surface area contributed by atoms with E-state index in [2.05, 4.69) is 4.98 Å². The monoisotopic (exact) mass is 301 g/mol. The predicted octanol–water partition coefficient (Wildman–Crippen LogP) is 4.41. The van der Waals surface area contributed by atoms with Gasteiger partial charge in [-0.05, 0) is 30.3 Å². The predicted molar refractivity (Wildman–Crippen MR) is 71.7 cm³/mol. The molecule has 1 heterocycles. The number of carboxylic acids is 1. The first-order valence-corrected chi connectivity index (χ1v) is 5.97. The normalized spacial score (nSPS) is 10.4. The second-order valence-corrected chi connectivity index (χ2v) is 4.71. The van der Waals surface area contributed by atoms with E-state index in [9.17, 15) is 4.79 Å². The van der Waals surface area contributed by atoms with E-state index in [4.69, 9.17) is 39.9 Å². The van der Waals surface area contributed by atoms with Gasteiger partial charge in [0.25, 0.3) is 0 Å². The van der Waals surface area contributed by atoms with Crippen LogP contribution < -0.4 is 0 Å². The maximum Gasteiger partial charge on any atom is 0.356 e. The first kappa shape index (κ1) is 13.1. The van der Waals surface area contributed by atoms with Gasteiger partial charge in [0, 0.05) is 10.6 Å². The molecule has 0 atom stereocenters. The number of benzene rings is 1. The molecule has 0 saturated carbocycles. The molecule has 0 amide bonds. The Bertz CT molecular complexity index is 629. The van der Waals surface area contributed by atoms with Crippen molar-refractivity contribution in [3.8, 4) is 11.3 Å². The van der Waals surface area contributed by atoms with Gasteiger partial charge >= 0.3 is 5.97 Å². The van der Waals surface area contributed by atoms with E-state index in [-0.39, 0.29) is 10.7 Å². The minimum Gasteiger partial charge on any atom is -0.476 e. The SMILES string of the molecule is O=C(O)c1nc(-c2cc(Cl)ccc2Cl)ccc1Cl. The van der Waals surface area contributed by atoms with Gasteiger partial charge in [0.2, 0.25) is 0 Å². The Labute approximate surface area is 118 Å². The first-order chi connectivity index (χ1) is 8.49. The highest BCUT2D eigenvalue weighted by molar-refractivity contribution is 6.35. The summed E-state index contributed by atoms with van der Waals surface area (Å²) in [6, 6.07) is 7.93. The zero-order valence-corrected chi connectivity index (χ0v) is 11.1. The molecule has 1 aromatic heterocycles. The zero-order valence-electron chi connectivity index (χ0n) is 8.82. The van der Waals surface area contributed by atoms with Gasteiger partial charge in [-0.25, -0.2) is 9.78 Å². The fourth-order valence-corrected chi connectivity index (χ4v) is 2.01. The maximum absolute atomic E-state index is 11.0. The number of rotatable bonds is 2. The van der Waals surface area contributed by atoms with Crippen molar-refractivity contribution in [3.05, 3.63) is 51.1 Å². The molecule has 0 saturated heterocycles. The molecule has 0 unspecified atom stereocenters. The number of carboxylic acid groups (broad SMARTS) is 1. The van der Waals surface area contributed by atoms with Crippen molar-refractivity contribution in [2.45, 2.75) is 0 Å². The number of hydrogen-bond donors (Lipinski definition) is 1. The summed E-state index contributed by atoms with van der Waals surface area (Å²) in [6.07, 6.45) is 0. The molecule has 2 aromatic rings. The summed E-state index contributed by atoms with van der Waals surface area (Å²) >= 11 is 17.6. The van der Waals surface area contributed by atoms with Crippen molar-refractivity contribution in [1.82, 2.24) is 4.98 Å². The molecule has 18 heavy (non-hydrogen) atoms. The molecule has 0 aliphatic heterocycles. The van der Waals surface area contributed by atoms with Gasteiger partial charge in [-0.3, -0.25) is 0 Å². The summed E-state index contributed by atoms with van der Waals surface area (Å²) in [4.78, 5) is 14.9. The Morgan fingerprint density at radius 2 is 1.72 bits per heavy atom. The minimum atomic E-state index is -1.19. The van der Waals surface area contributed by atoms with Crippen LogP contribution in [0, 0.1) is 0 Å². The van der Waals surface area contributed by atoms with E-state index in [0.29, 0.717) is 21.3 Å². The average Bonchev–Trinajstić information content (AvgIpc) is 2.33. The van der Waals surface area contributed by atoms with E-state index < -0.39 is 5.97 Å². The smallest absolute Gasteiger partial charge is 0.356 e. The maximum atomic E-state index is 11.0. The van der Waals surface area contributed by atoms with E-state index >= 15 is 0 Å². The van der Waals surface area contributed by atoms with Crippen LogP contribution >= 0.6 is 34.8 Å². The Hall–Kier alpha value is -1.29. The molecule has 0 fully saturated rings. The molecule has 2 rings (SSSR count). The number of aromatic carboxylic acids is 1. The van der Waals surface area contributed by atoms with Crippen LogP contribution in [0.3, 0.4) is 0 Å². The highest BCUT2D eigenvalue weighted by Crippen LogP contribution is 2.30. The van der Waals surface area contributed by atoms with Gasteiger partial charge in [0.15, 0.2) is 5.69 Å². The van der Waals surface area contributed by atoms with E-state index in [1.165, 1.54) is 6.07 Å². The third-order valence-electron chi connectivity index (χ3n) is 2.25. The molecule has 92 valence electrons. The van der Waals surface area contributed by atoms with Gasteiger partial charge in [-0.1, -0.05) is 34.8 Å². The lowest BCUT2D eigenvalue weighted by atomic mass is 10.1. The topological polar surface area (TPSA) is 50.2 Å². The molecule has 0 aliphatic carbocycles. The van der Waals surface area contributed by atoms with Gasteiger partial charge in [-0.2, -0.15) is 0 Å². The highest BCUT2D eigenvalue weighted by Gasteiger charge is 2.14. The van der Waals surface area contributed by atoms with Crippen LogP contribution in [0.5, 0.6) is 0 Å². The number of nitrogens with zero attached hydrogens (tertiary/aromatic N) is 1. The largest absolute Gasteiger partial charge is 0.476 e. The molecular weight excluding hydrogens is 296 g/mol. The second kappa shape index (κ2) is 5.14. The molecule has 0 radical (unpaired) electrons. The lowest BCUT2D eigenvalue weighted by Crippen LogP contribution is -2.02. The Balaban J connectivity index is 2.61. The van der Waals surface area contributed by atoms with Crippen LogP contribution in [0.25, 0.3) is 11.3 Å². The van der Waals surface area contributed by atoms with Crippen LogP contribution in [0.15, 0.2) is 30.3 Å². The van der Waals surface area contributed by atoms with Crippen molar-refractivity contribution < 1.29 is 9.90 Å². The molecule has 3 nitrogen and oxygen atoms in total. The standard InChI is InChI=1S/C12H6Cl3NO2/c13-6-1-2-8(14)7(5-6)10-4-3-9(15)11(16-10)12(17)18/h1-5H,(H,17,18). The summed E-state index contributed by atoms with van der Waals surface area (Å²) < 4.78 is 0. The molecule has 1 aromatic carbocycles. The molecule has 6 heteroatoms. The second-order valence-electron chi connectivity index (χ2n) is 3.46. The summed E-state index contributed by atoms with van der Waals surface area (Å²) in [5.74, 6) is -1.19. The van der Waals surface area contributed by atoms with Crippen LogP contribution in [-0.2, 0) is 0 Å². The van der Waals surface area contributed by atoms with Crippen LogP contribution in [0.1, 0.15) is 10.5 Å². The van der Waals surface area contributed by atoms with E-state index in [1.54, 1.807) is 24.3 Å². The van der Waals surface area contributed by atoms with Crippen molar-refractivity contribution in [3.63, 3.8) is 0 Å². The summed E-state index contributed by atoms with van der Waals surface area (Å²) in [5.41, 5.74) is 0.748. The number of aromatic nitrogens is 1. The number of halogens is 3. The number of carbonyl (C=O) groups is 1. The fourth-order valence-electron chi connectivity index (χ4n) is 1.44. The van der Waals surface area contributed by atoms with E-state index in [0.717, 1.165) is 0 Å². The Morgan fingerprint density at radius 3 is 2.39 bits per heavy atom. The van der Waals surface area contributed by atoms with Gasteiger partial charge in [0.05, 0.1) is 15.7 Å². The molecular formula is C12H6Cl3NO2. The molecule has 0 spiro atoms. The van der Waals surface area contributed by atoms with Crippen LogP contribution in [-0.4, -0.2) is 16.1 Å². The fraction of sp³-hybridized carbons (Fsp3) is 0. The first-order valence-electron chi connectivity index (χ1n) is 4.84. The van der Waals surface area contributed by atoms with E-state index in [1.807, 2.05) is 0 Å². The number of pyridine rings is 1.